The Kier molecular flexibility index (Phi) is 4.39. The first-order valence-corrected chi connectivity index (χ1v) is 6.59. The van der Waals surface area contributed by atoms with Gasteiger partial charge in [0.05, 0.1) is 6.61 Å². The lowest BCUT2D eigenvalue weighted by atomic mass is 10.2. The van der Waals surface area contributed by atoms with Gasteiger partial charge in [0.25, 0.3) is 0 Å². The Hall–Kier alpha value is -1.88. The summed E-state index contributed by atoms with van der Waals surface area (Å²) in [5.41, 5.74) is 1.29. The molecule has 20 heavy (non-hydrogen) atoms. The normalized spacial score (nSPS) is 10.4. The second-order valence-electron chi connectivity index (χ2n) is 4.24. The van der Waals surface area contributed by atoms with Crippen molar-refractivity contribution in [2.75, 3.05) is 11.9 Å². The number of nitrogens with zero attached hydrogens (tertiary/aromatic N) is 2. The SMILES string of the molecule is CCOc1ccc(Nc2nc(C)nc(Cl)c2C)cc1F. The van der Waals surface area contributed by atoms with Gasteiger partial charge in [0, 0.05) is 17.3 Å². The number of hydrogen-bond acceptors (Lipinski definition) is 4. The average molecular weight is 296 g/mol. The number of ether oxygens (including phenoxy) is 1. The highest BCUT2D eigenvalue weighted by Gasteiger charge is 2.09. The van der Waals surface area contributed by atoms with Crippen LogP contribution in [-0.4, -0.2) is 16.6 Å². The van der Waals surface area contributed by atoms with Crippen molar-refractivity contribution in [3.63, 3.8) is 0 Å². The highest BCUT2D eigenvalue weighted by atomic mass is 35.5. The Balaban J connectivity index is 2.29. The molecule has 1 heterocycles. The van der Waals surface area contributed by atoms with E-state index in [1.54, 1.807) is 32.9 Å². The zero-order valence-electron chi connectivity index (χ0n) is 11.5. The number of anilines is 2. The minimum absolute atomic E-state index is 0.228. The van der Waals surface area contributed by atoms with Crippen LogP contribution in [0.25, 0.3) is 0 Å². The van der Waals surface area contributed by atoms with Crippen LogP contribution in [0.3, 0.4) is 0 Å². The first-order chi connectivity index (χ1) is 9.51. The van der Waals surface area contributed by atoms with Crippen molar-refractivity contribution in [2.45, 2.75) is 20.8 Å². The second-order valence-corrected chi connectivity index (χ2v) is 4.60. The van der Waals surface area contributed by atoms with E-state index >= 15 is 0 Å². The molecule has 0 fully saturated rings. The Morgan fingerprint density at radius 1 is 1.30 bits per heavy atom. The third kappa shape index (κ3) is 3.17. The molecule has 4 nitrogen and oxygen atoms in total. The van der Waals surface area contributed by atoms with Crippen molar-refractivity contribution in [3.05, 3.63) is 40.6 Å². The zero-order chi connectivity index (χ0) is 14.7. The van der Waals surface area contributed by atoms with Crippen LogP contribution < -0.4 is 10.1 Å². The summed E-state index contributed by atoms with van der Waals surface area (Å²) in [5, 5.41) is 3.41. The minimum Gasteiger partial charge on any atom is -0.491 e. The zero-order valence-corrected chi connectivity index (χ0v) is 12.3. The van der Waals surface area contributed by atoms with Crippen LogP contribution in [0.1, 0.15) is 18.3 Å². The molecular formula is C14H15ClFN3O. The highest BCUT2D eigenvalue weighted by Crippen LogP contribution is 2.26. The van der Waals surface area contributed by atoms with E-state index in [0.717, 1.165) is 0 Å². The Labute approximate surface area is 122 Å². The van der Waals surface area contributed by atoms with Gasteiger partial charge in [0.2, 0.25) is 0 Å². The van der Waals surface area contributed by atoms with E-state index in [4.69, 9.17) is 16.3 Å². The van der Waals surface area contributed by atoms with Crippen LogP contribution in [0.2, 0.25) is 5.15 Å². The standard InChI is InChI=1S/C14H15ClFN3O/c1-4-20-12-6-5-10(7-11(12)16)19-14-8(2)13(15)17-9(3)18-14/h5-7H,4H2,1-3H3,(H,17,18,19). The number of halogens is 2. The van der Waals surface area contributed by atoms with Crippen molar-refractivity contribution >= 4 is 23.1 Å². The maximum atomic E-state index is 13.8. The van der Waals surface area contributed by atoms with E-state index in [1.807, 2.05) is 0 Å². The fourth-order valence-corrected chi connectivity index (χ4v) is 1.92. The summed E-state index contributed by atoms with van der Waals surface area (Å²) in [6.45, 7) is 5.77. The van der Waals surface area contributed by atoms with Crippen molar-refractivity contribution in [2.24, 2.45) is 0 Å². The molecule has 1 aromatic heterocycles. The van der Waals surface area contributed by atoms with Gasteiger partial charge in [-0.05, 0) is 32.9 Å². The molecule has 0 saturated carbocycles. The van der Waals surface area contributed by atoms with Gasteiger partial charge >= 0.3 is 0 Å². The number of rotatable bonds is 4. The van der Waals surface area contributed by atoms with Gasteiger partial charge in [-0.25, -0.2) is 14.4 Å². The molecule has 0 atom stereocenters. The fourth-order valence-electron chi connectivity index (χ4n) is 1.70. The van der Waals surface area contributed by atoms with Crippen molar-refractivity contribution < 1.29 is 9.13 Å². The van der Waals surface area contributed by atoms with Gasteiger partial charge in [0.1, 0.15) is 16.8 Å². The molecule has 2 aromatic rings. The van der Waals surface area contributed by atoms with Crippen LogP contribution in [0, 0.1) is 19.7 Å². The quantitative estimate of drug-likeness (QED) is 0.865. The molecule has 0 radical (unpaired) electrons. The Morgan fingerprint density at radius 3 is 2.70 bits per heavy atom. The van der Waals surface area contributed by atoms with Crippen LogP contribution >= 0.6 is 11.6 Å². The van der Waals surface area contributed by atoms with Crippen molar-refractivity contribution in [1.82, 2.24) is 9.97 Å². The number of benzene rings is 1. The fraction of sp³-hybridized carbons (Fsp3) is 0.286. The number of aryl methyl sites for hydroxylation is 1. The lowest BCUT2D eigenvalue weighted by molar-refractivity contribution is 0.321. The molecule has 0 unspecified atom stereocenters. The first-order valence-electron chi connectivity index (χ1n) is 6.21. The lowest BCUT2D eigenvalue weighted by Crippen LogP contribution is -2.02. The summed E-state index contributed by atoms with van der Waals surface area (Å²) in [4.78, 5) is 8.31. The molecule has 1 aromatic carbocycles. The van der Waals surface area contributed by atoms with E-state index in [0.29, 0.717) is 34.7 Å². The molecule has 1 N–H and O–H groups in total. The molecule has 0 aliphatic carbocycles. The Morgan fingerprint density at radius 2 is 2.05 bits per heavy atom. The summed E-state index contributed by atoms with van der Waals surface area (Å²) in [6.07, 6.45) is 0. The van der Waals surface area contributed by atoms with Gasteiger partial charge < -0.3 is 10.1 Å². The third-order valence-electron chi connectivity index (χ3n) is 2.69. The average Bonchev–Trinajstić information content (AvgIpc) is 2.39. The van der Waals surface area contributed by atoms with Crippen molar-refractivity contribution in [3.8, 4) is 5.75 Å². The maximum absolute atomic E-state index is 13.8. The van der Waals surface area contributed by atoms with Crippen LogP contribution in [-0.2, 0) is 0 Å². The van der Waals surface area contributed by atoms with E-state index in [-0.39, 0.29) is 5.75 Å². The summed E-state index contributed by atoms with van der Waals surface area (Å²) in [7, 11) is 0. The van der Waals surface area contributed by atoms with Gasteiger partial charge in [-0.15, -0.1) is 0 Å². The van der Waals surface area contributed by atoms with Crippen molar-refractivity contribution in [1.29, 1.82) is 0 Å². The van der Waals surface area contributed by atoms with Crippen LogP contribution in [0.15, 0.2) is 18.2 Å². The predicted molar refractivity (Wildman–Crippen MR) is 77.4 cm³/mol. The molecular weight excluding hydrogens is 281 g/mol. The van der Waals surface area contributed by atoms with Gasteiger partial charge in [-0.2, -0.15) is 0 Å². The second kappa shape index (κ2) is 6.05. The molecule has 0 aliphatic rings. The van der Waals surface area contributed by atoms with Gasteiger partial charge in [0.15, 0.2) is 11.6 Å². The number of nitrogens with one attached hydrogen (secondary N) is 1. The van der Waals surface area contributed by atoms with E-state index in [9.17, 15) is 4.39 Å². The van der Waals surface area contributed by atoms with Crippen LogP contribution in [0.5, 0.6) is 5.75 Å². The smallest absolute Gasteiger partial charge is 0.167 e. The maximum Gasteiger partial charge on any atom is 0.167 e. The summed E-state index contributed by atoms with van der Waals surface area (Å²) >= 11 is 6.00. The van der Waals surface area contributed by atoms with Crippen LogP contribution in [0.4, 0.5) is 15.9 Å². The molecule has 106 valence electrons. The van der Waals surface area contributed by atoms with Gasteiger partial charge in [-0.1, -0.05) is 11.6 Å². The third-order valence-corrected chi connectivity index (χ3v) is 3.06. The molecule has 0 bridgehead atoms. The highest BCUT2D eigenvalue weighted by molar-refractivity contribution is 6.30. The molecule has 0 saturated heterocycles. The molecule has 6 heteroatoms. The van der Waals surface area contributed by atoms with E-state index in [1.165, 1.54) is 6.07 Å². The number of hydrogen-bond donors (Lipinski definition) is 1. The predicted octanol–water partition coefficient (Wildman–Crippen LogP) is 4.03. The summed E-state index contributed by atoms with van der Waals surface area (Å²) < 4.78 is 18.9. The molecule has 2 rings (SSSR count). The summed E-state index contributed by atoms with van der Waals surface area (Å²) in [6, 6.07) is 4.65. The molecule has 0 spiro atoms. The van der Waals surface area contributed by atoms with Gasteiger partial charge in [-0.3, -0.25) is 0 Å². The van der Waals surface area contributed by atoms with E-state index < -0.39 is 5.82 Å². The first kappa shape index (κ1) is 14.5. The lowest BCUT2D eigenvalue weighted by Gasteiger charge is -2.11. The Bertz CT molecular complexity index is 634. The molecule has 0 aliphatic heterocycles. The molecule has 0 amide bonds. The number of aromatic nitrogens is 2. The van der Waals surface area contributed by atoms with E-state index in [2.05, 4.69) is 15.3 Å². The monoisotopic (exact) mass is 295 g/mol. The topological polar surface area (TPSA) is 47.0 Å². The largest absolute Gasteiger partial charge is 0.491 e. The minimum atomic E-state index is -0.425. The summed E-state index contributed by atoms with van der Waals surface area (Å²) in [5.74, 6) is 0.915.